The molecule has 0 aliphatic rings. The lowest BCUT2D eigenvalue weighted by molar-refractivity contribution is -0.119. The molecule has 0 spiro atoms. The SMILES string of the molecule is COC(=O)c1cn(Cc2ccc(F)cc2)cc(C(=O)NNC(C)=O)c1=O. The molecule has 0 saturated heterocycles. The van der Waals surface area contributed by atoms with E-state index in [2.05, 4.69) is 15.6 Å². The van der Waals surface area contributed by atoms with Crippen molar-refractivity contribution in [2.24, 2.45) is 0 Å². The van der Waals surface area contributed by atoms with E-state index in [0.717, 1.165) is 7.11 Å². The van der Waals surface area contributed by atoms with Crippen LogP contribution in [-0.2, 0) is 16.1 Å². The van der Waals surface area contributed by atoms with Gasteiger partial charge in [-0.25, -0.2) is 9.18 Å². The first-order valence-corrected chi connectivity index (χ1v) is 7.45. The molecule has 2 rings (SSSR count). The maximum absolute atomic E-state index is 13.0. The Morgan fingerprint density at radius 3 is 2.27 bits per heavy atom. The number of carbonyl (C=O) groups is 3. The topological polar surface area (TPSA) is 106 Å². The molecular formula is C17H16FN3O5. The second-order valence-electron chi connectivity index (χ2n) is 5.34. The predicted octanol–water partition coefficient (Wildman–Crippen LogP) is 0.603. The Morgan fingerprint density at radius 2 is 1.69 bits per heavy atom. The van der Waals surface area contributed by atoms with Crippen molar-refractivity contribution in [2.75, 3.05) is 7.11 Å². The monoisotopic (exact) mass is 361 g/mol. The molecule has 2 amide bonds. The number of ether oxygens (including phenoxy) is 1. The normalized spacial score (nSPS) is 10.1. The van der Waals surface area contributed by atoms with Crippen LogP contribution in [0.3, 0.4) is 0 Å². The second kappa shape index (κ2) is 8.06. The van der Waals surface area contributed by atoms with Gasteiger partial charge in [0.1, 0.15) is 16.9 Å². The molecule has 8 nitrogen and oxygen atoms in total. The number of pyridine rings is 1. The van der Waals surface area contributed by atoms with Crippen molar-refractivity contribution in [1.82, 2.24) is 15.4 Å². The Kier molecular flexibility index (Phi) is 5.84. The number of benzene rings is 1. The van der Waals surface area contributed by atoms with Crippen LogP contribution in [-0.4, -0.2) is 29.5 Å². The van der Waals surface area contributed by atoms with Crippen LogP contribution in [0.4, 0.5) is 4.39 Å². The van der Waals surface area contributed by atoms with Gasteiger partial charge < -0.3 is 9.30 Å². The molecule has 2 aromatic rings. The Morgan fingerprint density at radius 1 is 1.08 bits per heavy atom. The van der Waals surface area contributed by atoms with E-state index >= 15 is 0 Å². The van der Waals surface area contributed by atoms with Crippen LogP contribution in [0, 0.1) is 5.82 Å². The number of amides is 2. The molecule has 0 saturated carbocycles. The van der Waals surface area contributed by atoms with E-state index in [0.29, 0.717) is 5.56 Å². The van der Waals surface area contributed by atoms with Crippen LogP contribution in [0.5, 0.6) is 0 Å². The standard InChI is InChI=1S/C17H16FN3O5/c1-10(22)19-20-16(24)13-8-21(7-11-3-5-12(18)6-4-11)9-14(15(13)23)17(25)26-2/h3-6,8-9H,7H2,1-2H3,(H,19,22)(H,20,24). The number of carbonyl (C=O) groups excluding carboxylic acids is 3. The van der Waals surface area contributed by atoms with Gasteiger partial charge in [-0.15, -0.1) is 0 Å². The minimum Gasteiger partial charge on any atom is -0.465 e. The van der Waals surface area contributed by atoms with Crippen molar-refractivity contribution in [1.29, 1.82) is 0 Å². The van der Waals surface area contributed by atoms with Crippen molar-refractivity contribution in [3.63, 3.8) is 0 Å². The summed E-state index contributed by atoms with van der Waals surface area (Å²) in [6.07, 6.45) is 2.47. The molecule has 0 bridgehead atoms. The molecule has 2 N–H and O–H groups in total. The molecule has 0 atom stereocenters. The lowest BCUT2D eigenvalue weighted by Gasteiger charge is -2.12. The maximum atomic E-state index is 13.0. The number of halogens is 1. The summed E-state index contributed by atoms with van der Waals surface area (Å²) < 4.78 is 19.0. The Balaban J connectivity index is 2.44. The average Bonchev–Trinajstić information content (AvgIpc) is 2.62. The second-order valence-corrected chi connectivity index (χ2v) is 5.34. The van der Waals surface area contributed by atoms with Gasteiger partial charge in [0, 0.05) is 25.9 Å². The van der Waals surface area contributed by atoms with E-state index in [1.807, 2.05) is 0 Å². The number of nitrogens with zero attached hydrogens (tertiary/aromatic N) is 1. The van der Waals surface area contributed by atoms with Crippen molar-refractivity contribution in [3.05, 3.63) is 69.4 Å². The fraction of sp³-hybridized carbons (Fsp3) is 0.176. The number of aromatic nitrogens is 1. The first-order valence-electron chi connectivity index (χ1n) is 7.45. The van der Waals surface area contributed by atoms with Gasteiger partial charge in [-0.05, 0) is 17.7 Å². The van der Waals surface area contributed by atoms with Crippen LogP contribution >= 0.6 is 0 Å². The summed E-state index contributed by atoms with van der Waals surface area (Å²) in [5.41, 5.74) is 3.27. The van der Waals surface area contributed by atoms with Crippen molar-refractivity contribution in [3.8, 4) is 0 Å². The molecule has 1 aromatic heterocycles. The largest absolute Gasteiger partial charge is 0.465 e. The summed E-state index contributed by atoms with van der Waals surface area (Å²) in [4.78, 5) is 47.3. The number of nitrogens with one attached hydrogen (secondary N) is 2. The van der Waals surface area contributed by atoms with Crippen molar-refractivity contribution in [2.45, 2.75) is 13.5 Å². The molecule has 1 heterocycles. The summed E-state index contributed by atoms with van der Waals surface area (Å²) in [6.45, 7) is 1.35. The van der Waals surface area contributed by atoms with E-state index in [9.17, 15) is 23.6 Å². The van der Waals surface area contributed by atoms with Crippen LogP contribution < -0.4 is 16.3 Å². The van der Waals surface area contributed by atoms with E-state index in [1.54, 1.807) is 0 Å². The highest BCUT2D eigenvalue weighted by atomic mass is 19.1. The fourth-order valence-corrected chi connectivity index (χ4v) is 2.15. The molecule has 26 heavy (non-hydrogen) atoms. The van der Waals surface area contributed by atoms with Gasteiger partial charge in [-0.1, -0.05) is 12.1 Å². The average molecular weight is 361 g/mol. The highest BCUT2D eigenvalue weighted by molar-refractivity contribution is 5.97. The Labute approximate surface area is 147 Å². The minimum atomic E-state index is -0.906. The van der Waals surface area contributed by atoms with E-state index in [-0.39, 0.29) is 17.7 Å². The van der Waals surface area contributed by atoms with Crippen molar-refractivity contribution < 1.29 is 23.5 Å². The lowest BCUT2D eigenvalue weighted by Crippen LogP contribution is -2.42. The van der Waals surface area contributed by atoms with E-state index in [4.69, 9.17) is 0 Å². The molecule has 1 aromatic carbocycles. The zero-order valence-corrected chi connectivity index (χ0v) is 14.0. The first-order chi connectivity index (χ1) is 12.3. The lowest BCUT2D eigenvalue weighted by atomic mass is 10.1. The summed E-state index contributed by atoms with van der Waals surface area (Å²) >= 11 is 0. The number of methoxy groups -OCH3 is 1. The molecule has 0 fully saturated rings. The van der Waals surface area contributed by atoms with Crippen LogP contribution in [0.15, 0.2) is 41.5 Å². The molecule has 0 radical (unpaired) electrons. The van der Waals surface area contributed by atoms with E-state index < -0.39 is 29.0 Å². The third-order valence-corrected chi connectivity index (χ3v) is 3.36. The summed E-state index contributed by atoms with van der Waals surface area (Å²) in [7, 11) is 1.11. The Bertz CT molecular complexity index is 906. The minimum absolute atomic E-state index is 0.172. The maximum Gasteiger partial charge on any atom is 0.343 e. The summed E-state index contributed by atoms with van der Waals surface area (Å²) in [5.74, 6) is -2.73. The van der Waals surface area contributed by atoms with Crippen LogP contribution in [0.25, 0.3) is 0 Å². The van der Waals surface area contributed by atoms with Gasteiger partial charge in [0.05, 0.1) is 7.11 Å². The number of hydrogen-bond donors (Lipinski definition) is 2. The number of esters is 1. The number of hydrogen-bond acceptors (Lipinski definition) is 5. The molecule has 0 aliphatic carbocycles. The van der Waals surface area contributed by atoms with Gasteiger partial charge in [0.15, 0.2) is 0 Å². The fourth-order valence-electron chi connectivity index (χ4n) is 2.15. The molecule has 0 aliphatic heterocycles. The Hall–Kier alpha value is -3.49. The van der Waals surface area contributed by atoms with Gasteiger partial charge >= 0.3 is 5.97 Å². The van der Waals surface area contributed by atoms with Crippen LogP contribution in [0.1, 0.15) is 33.2 Å². The first kappa shape index (κ1) is 18.8. The molecule has 136 valence electrons. The third-order valence-electron chi connectivity index (χ3n) is 3.36. The zero-order chi connectivity index (χ0) is 19.3. The summed E-state index contributed by atoms with van der Waals surface area (Å²) in [5, 5.41) is 0. The quantitative estimate of drug-likeness (QED) is 0.613. The van der Waals surface area contributed by atoms with Gasteiger partial charge in [-0.2, -0.15) is 0 Å². The highest BCUT2D eigenvalue weighted by Crippen LogP contribution is 2.07. The number of hydrazine groups is 1. The number of rotatable bonds is 4. The van der Waals surface area contributed by atoms with E-state index in [1.165, 1.54) is 48.1 Å². The van der Waals surface area contributed by atoms with Gasteiger partial charge in [0.25, 0.3) is 5.91 Å². The van der Waals surface area contributed by atoms with Gasteiger partial charge in [-0.3, -0.25) is 25.2 Å². The molecular weight excluding hydrogens is 345 g/mol. The predicted molar refractivity (Wildman–Crippen MR) is 88.8 cm³/mol. The zero-order valence-electron chi connectivity index (χ0n) is 14.0. The third kappa shape index (κ3) is 4.53. The molecule has 9 heteroatoms. The summed E-state index contributed by atoms with van der Waals surface area (Å²) in [6, 6.07) is 5.59. The smallest absolute Gasteiger partial charge is 0.343 e. The van der Waals surface area contributed by atoms with Crippen molar-refractivity contribution >= 4 is 17.8 Å². The van der Waals surface area contributed by atoms with Gasteiger partial charge in [0.2, 0.25) is 11.3 Å². The van der Waals surface area contributed by atoms with Crippen LogP contribution in [0.2, 0.25) is 0 Å². The molecule has 0 unspecified atom stereocenters. The highest BCUT2D eigenvalue weighted by Gasteiger charge is 2.20.